The minimum absolute atomic E-state index is 0.153. The molecule has 0 fully saturated rings. The SMILES string of the molecule is CC(C)n1c(-c2cc(-c3ccc(OCCCN(C)C)nc3)c(F)cc2N)c(N)n(C)c1=O. The number of hydrogen-bond acceptors (Lipinski definition) is 6. The van der Waals surface area contributed by atoms with E-state index in [0.29, 0.717) is 34.9 Å². The van der Waals surface area contributed by atoms with E-state index in [0.717, 1.165) is 13.0 Å². The molecule has 0 aliphatic carbocycles. The van der Waals surface area contributed by atoms with Gasteiger partial charge in [0.1, 0.15) is 11.6 Å². The van der Waals surface area contributed by atoms with Crippen molar-refractivity contribution in [1.29, 1.82) is 0 Å². The zero-order valence-corrected chi connectivity index (χ0v) is 19.2. The number of imidazole rings is 1. The lowest BCUT2D eigenvalue weighted by molar-refractivity contribution is 0.273. The van der Waals surface area contributed by atoms with E-state index in [2.05, 4.69) is 9.88 Å². The third kappa shape index (κ3) is 4.62. The lowest BCUT2D eigenvalue weighted by Crippen LogP contribution is -2.24. The van der Waals surface area contributed by atoms with Gasteiger partial charge in [0.25, 0.3) is 0 Å². The van der Waals surface area contributed by atoms with E-state index in [1.54, 1.807) is 36.0 Å². The third-order valence-electron chi connectivity index (χ3n) is 5.30. The molecule has 2 heterocycles. The molecule has 1 aromatic carbocycles. The molecule has 172 valence electrons. The van der Waals surface area contributed by atoms with Crippen molar-refractivity contribution >= 4 is 11.5 Å². The molecule has 4 N–H and O–H groups in total. The maximum atomic E-state index is 14.9. The Bertz CT molecular complexity index is 1150. The highest BCUT2D eigenvalue weighted by molar-refractivity contribution is 5.85. The number of aromatic nitrogens is 3. The number of pyridine rings is 1. The van der Waals surface area contributed by atoms with Crippen molar-refractivity contribution in [3.05, 3.63) is 46.8 Å². The normalized spacial score (nSPS) is 11.5. The number of rotatable bonds is 8. The van der Waals surface area contributed by atoms with Gasteiger partial charge in [0.15, 0.2) is 0 Å². The van der Waals surface area contributed by atoms with Crippen LogP contribution in [-0.2, 0) is 7.05 Å². The molecule has 0 aliphatic heterocycles. The molecule has 0 unspecified atom stereocenters. The molecule has 2 aromatic heterocycles. The summed E-state index contributed by atoms with van der Waals surface area (Å²) in [5.41, 5.74) is 14.2. The molecule has 0 aliphatic rings. The summed E-state index contributed by atoms with van der Waals surface area (Å²) >= 11 is 0. The van der Waals surface area contributed by atoms with E-state index in [1.807, 2.05) is 27.9 Å². The predicted molar refractivity (Wildman–Crippen MR) is 126 cm³/mol. The van der Waals surface area contributed by atoms with Crippen molar-refractivity contribution in [1.82, 2.24) is 19.0 Å². The molecular formula is C23H31FN6O2. The van der Waals surface area contributed by atoms with Crippen molar-refractivity contribution < 1.29 is 9.13 Å². The second kappa shape index (κ2) is 9.44. The Labute approximate surface area is 187 Å². The summed E-state index contributed by atoms with van der Waals surface area (Å²) in [6.07, 6.45) is 2.44. The largest absolute Gasteiger partial charge is 0.478 e. The first-order chi connectivity index (χ1) is 15.1. The molecule has 9 heteroatoms. The Morgan fingerprint density at radius 2 is 1.91 bits per heavy atom. The lowest BCUT2D eigenvalue weighted by Gasteiger charge is -2.15. The van der Waals surface area contributed by atoms with Crippen molar-refractivity contribution in [2.24, 2.45) is 7.05 Å². The van der Waals surface area contributed by atoms with Crippen molar-refractivity contribution in [2.75, 3.05) is 38.7 Å². The summed E-state index contributed by atoms with van der Waals surface area (Å²) in [6, 6.07) is 6.17. The first kappa shape index (κ1) is 23.3. The van der Waals surface area contributed by atoms with Gasteiger partial charge in [-0.25, -0.2) is 14.2 Å². The van der Waals surface area contributed by atoms with Crippen LogP contribution in [0.3, 0.4) is 0 Å². The van der Waals surface area contributed by atoms with Crippen LogP contribution in [0.4, 0.5) is 15.9 Å². The Balaban J connectivity index is 1.97. The summed E-state index contributed by atoms with van der Waals surface area (Å²) in [5, 5.41) is 0. The van der Waals surface area contributed by atoms with E-state index in [9.17, 15) is 9.18 Å². The second-order valence-electron chi connectivity index (χ2n) is 8.35. The molecule has 0 spiro atoms. The molecule has 3 aromatic rings. The third-order valence-corrected chi connectivity index (χ3v) is 5.30. The molecular weight excluding hydrogens is 411 g/mol. The van der Waals surface area contributed by atoms with Crippen molar-refractivity contribution in [3.63, 3.8) is 0 Å². The summed E-state index contributed by atoms with van der Waals surface area (Å²) in [4.78, 5) is 19.0. The van der Waals surface area contributed by atoms with E-state index in [1.165, 1.54) is 10.6 Å². The van der Waals surface area contributed by atoms with Gasteiger partial charge >= 0.3 is 5.69 Å². The fourth-order valence-electron chi connectivity index (χ4n) is 3.59. The monoisotopic (exact) mass is 442 g/mol. The Morgan fingerprint density at radius 3 is 2.50 bits per heavy atom. The zero-order chi connectivity index (χ0) is 23.6. The van der Waals surface area contributed by atoms with Crippen LogP contribution in [0.1, 0.15) is 26.3 Å². The molecule has 0 saturated heterocycles. The highest BCUT2D eigenvalue weighted by Gasteiger charge is 2.22. The van der Waals surface area contributed by atoms with E-state index >= 15 is 0 Å². The number of nitrogens with two attached hydrogens (primary N) is 2. The Morgan fingerprint density at radius 1 is 1.19 bits per heavy atom. The average molecular weight is 443 g/mol. The highest BCUT2D eigenvalue weighted by Crippen LogP contribution is 2.36. The van der Waals surface area contributed by atoms with Crippen LogP contribution in [0, 0.1) is 5.82 Å². The highest BCUT2D eigenvalue weighted by atomic mass is 19.1. The topological polar surface area (TPSA) is 104 Å². The minimum atomic E-state index is -0.486. The molecule has 0 radical (unpaired) electrons. The predicted octanol–water partition coefficient (Wildman–Crippen LogP) is 3.13. The van der Waals surface area contributed by atoms with E-state index in [-0.39, 0.29) is 23.2 Å². The lowest BCUT2D eigenvalue weighted by atomic mass is 10.00. The van der Waals surface area contributed by atoms with E-state index in [4.69, 9.17) is 16.2 Å². The smallest absolute Gasteiger partial charge is 0.330 e. The summed E-state index contributed by atoms with van der Waals surface area (Å²) in [6.45, 7) is 5.23. The maximum absolute atomic E-state index is 14.9. The van der Waals surface area contributed by atoms with Crippen molar-refractivity contribution in [2.45, 2.75) is 26.3 Å². The molecule has 0 saturated carbocycles. The van der Waals surface area contributed by atoms with Gasteiger partial charge in [-0.15, -0.1) is 0 Å². The number of anilines is 2. The fourth-order valence-corrected chi connectivity index (χ4v) is 3.59. The Kier molecular flexibility index (Phi) is 6.88. The van der Waals surface area contributed by atoms with Gasteiger partial charge in [0, 0.05) is 54.3 Å². The first-order valence-corrected chi connectivity index (χ1v) is 10.5. The molecule has 32 heavy (non-hydrogen) atoms. The van der Waals surface area contributed by atoms with Crippen LogP contribution >= 0.6 is 0 Å². The van der Waals surface area contributed by atoms with Crippen LogP contribution in [0.15, 0.2) is 35.3 Å². The number of nitrogen functional groups attached to an aromatic ring is 2. The van der Waals surface area contributed by atoms with Crippen molar-refractivity contribution in [3.8, 4) is 28.3 Å². The van der Waals surface area contributed by atoms with Gasteiger partial charge in [-0.1, -0.05) is 0 Å². The van der Waals surface area contributed by atoms with Gasteiger partial charge in [-0.2, -0.15) is 0 Å². The standard InChI is InChI=1S/C23H31FN6O2/c1-14(2)30-21(22(26)29(5)23(30)31)17-11-16(18(24)12-19(17)25)15-7-8-20(27-13-15)32-10-6-9-28(3)4/h7-8,11-14H,6,9-10,25-26H2,1-5H3. The Hall–Kier alpha value is -3.33. The first-order valence-electron chi connectivity index (χ1n) is 10.5. The molecule has 0 bridgehead atoms. The van der Waals surface area contributed by atoms with Crippen LogP contribution < -0.4 is 21.9 Å². The van der Waals surface area contributed by atoms with Gasteiger partial charge in [0.2, 0.25) is 5.88 Å². The van der Waals surface area contributed by atoms with Crippen LogP contribution in [-0.4, -0.2) is 46.3 Å². The quantitative estimate of drug-likeness (QED) is 0.410. The van der Waals surface area contributed by atoms with Gasteiger partial charge < -0.3 is 21.1 Å². The van der Waals surface area contributed by atoms with Crippen LogP contribution in [0.5, 0.6) is 5.88 Å². The maximum Gasteiger partial charge on any atom is 0.330 e. The molecule has 0 atom stereocenters. The van der Waals surface area contributed by atoms with E-state index < -0.39 is 5.82 Å². The number of ether oxygens (including phenoxy) is 1. The van der Waals surface area contributed by atoms with Crippen LogP contribution in [0.25, 0.3) is 22.4 Å². The number of halogens is 1. The number of hydrogen-bond donors (Lipinski definition) is 2. The number of benzene rings is 1. The van der Waals surface area contributed by atoms with Gasteiger partial charge in [-0.3, -0.25) is 9.13 Å². The molecule has 8 nitrogen and oxygen atoms in total. The molecule has 0 amide bonds. The summed E-state index contributed by atoms with van der Waals surface area (Å²) < 4.78 is 23.4. The summed E-state index contributed by atoms with van der Waals surface area (Å²) in [7, 11) is 5.61. The second-order valence-corrected chi connectivity index (χ2v) is 8.35. The zero-order valence-electron chi connectivity index (χ0n) is 19.2. The van der Waals surface area contributed by atoms with Gasteiger partial charge in [-0.05, 0) is 52.6 Å². The van der Waals surface area contributed by atoms with Gasteiger partial charge in [0.05, 0.1) is 12.3 Å². The molecule has 3 rings (SSSR count). The van der Waals surface area contributed by atoms with Crippen LogP contribution in [0.2, 0.25) is 0 Å². The fraction of sp³-hybridized carbons (Fsp3) is 0.391. The summed E-state index contributed by atoms with van der Waals surface area (Å²) in [5.74, 6) is 0.262. The number of nitrogens with zero attached hydrogens (tertiary/aromatic N) is 4. The average Bonchev–Trinajstić information content (AvgIpc) is 2.96. The minimum Gasteiger partial charge on any atom is -0.478 e.